The fourth-order valence-corrected chi connectivity index (χ4v) is 8.76. The van der Waals surface area contributed by atoms with Crippen LogP contribution in [0.15, 0.2) is 128 Å². The molecule has 70 heavy (non-hydrogen) atoms. The van der Waals surface area contributed by atoms with E-state index in [1.165, 1.54) is 16.7 Å². The van der Waals surface area contributed by atoms with Gasteiger partial charge in [0.25, 0.3) is 5.91 Å². The largest absolute Gasteiger partial charge is 0.476 e. The molecule has 0 radical (unpaired) electrons. The summed E-state index contributed by atoms with van der Waals surface area (Å²) in [6.07, 6.45) is 3.25. The van der Waals surface area contributed by atoms with Crippen molar-refractivity contribution in [3.8, 4) is 0 Å². The number of aryl methyl sites for hydroxylation is 4. The molecule has 0 bridgehead atoms. The van der Waals surface area contributed by atoms with Crippen LogP contribution >= 0.6 is 23.2 Å². The molecule has 0 aliphatic carbocycles. The highest BCUT2D eigenvalue weighted by Gasteiger charge is 2.19. The van der Waals surface area contributed by atoms with Crippen molar-refractivity contribution in [3.63, 3.8) is 0 Å². The van der Waals surface area contributed by atoms with E-state index in [1.54, 1.807) is 23.1 Å². The van der Waals surface area contributed by atoms with Crippen molar-refractivity contribution in [2.75, 3.05) is 11.5 Å². The predicted molar refractivity (Wildman–Crippen MR) is 282 cm³/mol. The van der Waals surface area contributed by atoms with E-state index in [0.717, 1.165) is 71.9 Å². The fourth-order valence-electron chi connectivity index (χ4n) is 8.43. The molecule has 14 nitrogen and oxygen atoms in total. The Morgan fingerprint density at radius 1 is 0.643 bits per heavy atom. The standard InChI is InChI=1S/C26H23ClN6O.C18H12ClN3O2.C9H14N2.CH4/c1-15-9-24(28)31-16(2)21(15)13-30-26(34)25-20-5-3-4-6-23(20)33(32-25)14-17-7-8-22-18(10-17)11-19(27)12-29-22;19-13-8-12-7-11(5-6-15(12)20-9-13)10-22-16-4-2-1-3-14(16)17(21-22)18(23)24;1-6-3-8(11)4-7(2)9(6)5-10;/h3-12H,13-14H2,1-2H3,(H2,28,31)(H,30,34);1-9H,10H2,(H,23,24);3-4H,5,10-11H2,1-2H3;1H4. The van der Waals surface area contributed by atoms with Gasteiger partial charge in [-0.1, -0.05) is 79.2 Å². The predicted octanol–water partition coefficient (Wildman–Crippen LogP) is 10.8. The Balaban J connectivity index is 0.000000174. The molecule has 0 spiro atoms. The normalized spacial score (nSPS) is 10.9. The van der Waals surface area contributed by atoms with Crippen molar-refractivity contribution in [2.45, 2.75) is 61.3 Å². The second-order valence-electron chi connectivity index (χ2n) is 16.7. The zero-order valence-electron chi connectivity index (χ0n) is 38.3. The number of hydrogen-bond donors (Lipinski definition) is 5. The first kappa shape index (κ1) is 50.0. The van der Waals surface area contributed by atoms with E-state index in [2.05, 4.69) is 30.5 Å². The molecule has 0 fully saturated rings. The van der Waals surface area contributed by atoms with Gasteiger partial charge in [-0.3, -0.25) is 24.1 Å². The van der Waals surface area contributed by atoms with Crippen molar-refractivity contribution >= 4 is 90.2 Å². The molecule has 10 rings (SSSR count). The number of para-hydroxylation sites is 2. The highest BCUT2D eigenvalue weighted by molar-refractivity contribution is 6.31. The number of rotatable bonds is 9. The zero-order valence-corrected chi connectivity index (χ0v) is 39.8. The van der Waals surface area contributed by atoms with Gasteiger partial charge in [-0.25, -0.2) is 9.78 Å². The number of carbonyl (C=O) groups is 2. The van der Waals surface area contributed by atoms with Gasteiger partial charge in [0.2, 0.25) is 0 Å². The minimum Gasteiger partial charge on any atom is -0.476 e. The van der Waals surface area contributed by atoms with Gasteiger partial charge >= 0.3 is 5.97 Å². The van der Waals surface area contributed by atoms with Gasteiger partial charge in [-0.15, -0.1) is 0 Å². The van der Waals surface area contributed by atoms with E-state index in [4.69, 9.17) is 40.4 Å². The monoisotopic (exact) mass is 973 g/mol. The molecule has 1 amide bonds. The van der Waals surface area contributed by atoms with Gasteiger partial charge in [0.15, 0.2) is 11.4 Å². The number of anilines is 2. The lowest BCUT2D eigenvalue weighted by molar-refractivity contribution is 0.0691. The Kier molecular flexibility index (Phi) is 15.4. The molecule has 0 aliphatic heterocycles. The van der Waals surface area contributed by atoms with Crippen LogP contribution in [0.3, 0.4) is 0 Å². The lowest BCUT2D eigenvalue weighted by Gasteiger charge is -2.11. The minimum absolute atomic E-state index is 0. The maximum atomic E-state index is 13.1. The fraction of sp³-hybridized carbons (Fsp3) is 0.167. The summed E-state index contributed by atoms with van der Waals surface area (Å²) < 4.78 is 3.56. The molecule has 5 heterocycles. The molecule has 5 aromatic carbocycles. The maximum Gasteiger partial charge on any atom is 0.357 e. The van der Waals surface area contributed by atoms with Crippen molar-refractivity contribution in [3.05, 3.63) is 194 Å². The number of hydrogen-bond acceptors (Lipinski definition) is 10. The van der Waals surface area contributed by atoms with Gasteiger partial charge in [-0.2, -0.15) is 10.2 Å². The number of nitrogens with two attached hydrogens (primary N) is 3. The van der Waals surface area contributed by atoms with Gasteiger partial charge in [0.1, 0.15) is 5.82 Å². The summed E-state index contributed by atoms with van der Waals surface area (Å²) in [5.41, 5.74) is 30.1. The zero-order chi connectivity index (χ0) is 48.9. The van der Waals surface area contributed by atoms with Crippen molar-refractivity contribution in [2.24, 2.45) is 5.73 Å². The molecule has 5 aromatic heterocycles. The summed E-state index contributed by atoms with van der Waals surface area (Å²) in [6.45, 7) is 9.84. The van der Waals surface area contributed by atoms with E-state index in [9.17, 15) is 14.7 Å². The smallest absolute Gasteiger partial charge is 0.357 e. The van der Waals surface area contributed by atoms with Crippen LogP contribution in [0.1, 0.15) is 73.0 Å². The molecule has 10 aromatic rings. The third kappa shape index (κ3) is 11.2. The first-order valence-electron chi connectivity index (χ1n) is 21.9. The molecule has 0 atom stereocenters. The number of fused-ring (bicyclic) bond motifs is 4. The number of nitrogens with one attached hydrogen (secondary N) is 1. The SMILES string of the molecule is C.Cc1cc(N)cc(C)c1CN.Cc1cc(N)nc(C)c1CNC(=O)c1nn(Cc2ccc3ncc(Cl)cc3c2)c2ccccc12.O=C(O)c1nn(Cc2ccc3ncc(Cl)cc3c2)c2ccccc12. The maximum absolute atomic E-state index is 13.1. The molecule has 16 heteroatoms. The Morgan fingerprint density at radius 3 is 1.63 bits per heavy atom. The summed E-state index contributed by atoms with van der Waals surface area (Å²) in [5, 5.41) is 25.8. The molecule has 356 valence electrons. The van der Waals surface area contributed by atoms with E-state index in [1.807, 2.05) is 142 Å². The Hall–Kier alpha value is -7.91. The van der Waals surface area contributed by atoms with Crippen LogP contribution in [-0.4, -0.2) is 51.5 Å². The molecule has 0 saturated heterocycles. The van der Waals surface area contributed by atoms with E-state index in [-0.39, 0.29) is 19.0 Å². The third-order valence-electron chi connectivity index (χ3n) is 11.7. The van der Waals surface area contributed by atoms with Crippen molar-refractivity contribution < 1.29 is 14.7 Å². The molecular weight excluding hydrogens is 922 g/mol. The molecule has 0 unspecified atom stereocenters. The number of aromatic carboxylic acids is 1. The molecule has 0 saturated carbocycles. The summed E-state index contributed by atoms with van der Waals surface area (Å²) in [4.78, 5) is 37.5. The first-order chi connectivity index (χ1) is 33.1. The number of aromatic nitrogens is 7. The molecule has 0 aliphatic rings. The van der Waals surface area contributed by atoms with Crippen LogP contribution in [0.25, 0.3) is 43.6 Å². The molecular formula is C54H53Cl2N11O3. The number of amides is 1. The lowest BCUT2D eigenvalue weighted by Crippen LogP contribution is -2.25. The van der Waals surface area contributed by atoms with E-state index < -0.39 is 5.97 Å². The number of pyridine rings is 3. The summed E-state index contributed by atoms with van der Waals surface area (Å²) in [7, 11) is 0. The van der Waals surface area contributed by atoms with Gasteiger partial charge < -0.3 is 27.6 Å². The number of benzene rings is 5. The Morgan fingerprint density at radius 2 is 1.13 bits per heavy atom. The van der Waals surface area contributed by atoms with Gasteiger partial charge in [-0.05, 0) is 133 Å². The average molecular weight is 975 g/mol. The highest BCUT2D eigenvalue weighted by atomic mass is 35.5. The second kappa shape index (κ2) is 21.6. The van der Waals surface area contributed by atoms with E-state index >= 15 is 0 Å². The van der Waals surface area contributed by atoms with Crippen LogP contribution < -0.4 is 22.5 Å². The van der Waals surface area contributed by atoms with Crippen LogP contribution in [0.4, 0.5) is 11.5 Å². The molecule has 8 N–H and O–H groups in total. The van der Waals surface area contributed by atoms with Gasteiger partial charge in [0.05, 0.1) is 45.2 Å². The lowest BCUT2D eigenvalue weighted by atomic mass is 10.0. The number of carboxylic acids is 1. The second-order valence-corrected chi connectivity index (χ2v) is 17.5. The number of carboxylic acid groups (broad SMARTS) is 1. The quantitative estimate of drug-likeness (QED) is 0.0857. The van der Waals surface area contributed by atoms with Crippen LogP contribution in [0, 0.1) is 27.7 Å². The summed E-state index contributed by atoms with van der Waals surface area (Å²) >= 11 is 12.1. The Labute approximate surface area is 415 Å². The number of nitrogens with zero attached hydrogens (tertiary/aromatic N) is 7. The minimum atomic E-state index is -1.03. The number of halogens is 2. The van der Waals surface area contributed by atoms with Crippen LogP contribution in [-0.2, 0) is 26.2 Å². The highest BCUT2D eigenvalue weighted by Crippen LogP contribution is 2.25. The average Bonchev–Trinajstić information content (AvgIpc) is 3.87. The van der Waals surface area contributed by atoms with Crippen LogP contribution in [0.2, 0.25) is 10.0 Å². The van der Waals surface area contributed by atoms with Crippen molar-refractivity contribution in [1.29, 1.82) is 0 Å². The Bertz CT molecular complexity index is 3520. The first-order valence-corrected chi connectivity index (χ1v) is 22.7. The topological polar surface area (TPSA) is 219 Å². The number of nitrogen functional groups attached to an aromatic ring is 2. The summed E-state index contributed by atoms with van der Waals surface area (Å²) in [5.74, 6) is -0.791. The summed E-state index contributed by atoms with van der Waals surface area (Å²) in [6, 6.07) is 36.4. The van der Waals surface area contributed by atoms with Crippen LogP contribution in [0.5, 0.6) is 0 Å². The van der Waals surface area contributed by atoms with Crippen molar-refractivity contribution in [1.82, 2.24) is 39.8 Å². The third-order valence-corrected chi connectivity index (χ3v) is 12.2. The number of carbonyl (C=O) groups excluding carboxylic acids is 1. The van der Waals surface area contributed by atoms with E-state index in [0.29, 0.717) is 53.1 Å². The van der Waals surface area contributed by atoms with Gasteiger partial charge in [0, 0.05) is 58.4 Å².